The molecule has 1 N–H and O–H groups in total. The van der Waals surface area contributed by atoms with Crippen LogP contribution in [0.15, 0.2) is 30.5 Å². The minimum Gasteiger partial charge on any atom is -0.371 e. The summed E-state index contributed by atoms with van der Waals surface area (Å²) in [7, 11) is -3.60. The Balaban J connectivity index is 1.87. The van der Waals surface area contributed by atoms with Gasteiger partial charge in [0.2, 0.25) is 0 Å². The lowest BCUT2D eigenvalue weighted by Gasteiger charge is -2.35. The highest BCUT2D eigenvalue weighted by atomic mass is 32.2. The Morgan fingerprint density at radius 1 is 1.22 bits per heavy atom. The number of aromatic nitrogens is 5. The van der Waals surface area contributed by atoms with Crippen LogP contribution in [0.25, 0.3) is 27.7 Å². The number of aryl methyl sites for hydroxylation is 1. The van der Waals surface area contributed by atoms with E-state index in [0.29, 0.717) is 40.0 Å². The standard InChI is InChI=1S/C22H23FN6O2S/c1-6-13-19(14-8-7-9-18-15(14)11-24-29(18)32(5,30)31)16(23)10-17-20(13)28-12(2)26-27-21(28)22(3,4)25-17/h7-11,25H,6H2,1-5H3. The van der Waals surface area contributed by atoms with Gasteiger partial charge in [-0.15, -0.1) is 10.2 Å². The molecule has 0 atom stereocenters. The second kappa shape index (κ2) is 6.61. The summed E-state index contributed by atoms with van der Waals surface area (Å²) in [5.74, 6) is 1.07. The maximum Gasteiger partial charge on any atom is 0.251 e. The first kappa shape index (κ1) is 20.6. The van der Waals surface area contributed by atoms with Crippen molar-refractivity contribution in [1.82, 2.24) is 24.0 Å². The second-order valence-electron chi connectivity index (χ2n) is 8.61. The van der Waals surface area contributed by atoms with Crippen molar-refractivity contribution in [2.45, 2.75) is 39.7 Å². The van der Waals surface area contributed by atoms with Gasteiger partial charge < -0.3 is 5.32 Å². The van der Waals surface area contributed by atoms with Crippen LogP contribution in [0.2, 0.25) is 0 Å². The Morgan fingerprint density at radius 3 is 2.66 bits per heavy atom. The van der Waals surface area contributed by atoms with E-state index in [0.717, 1.165) is 27.4 Å². The maximum atomic E-state index is 15.7. The van der Waals surface area contributed by atoms with Gasteiger partial charge in [-0.2, -0.15) is 9.19 Å². The average molecular weight is 455 g/mol. The molecule has 0 aliphatic carbocycles. The molecular weight excluding hydrogens is 431 g/mol. The molecule has 2 aromatic carbocycles. The first-order valence-corrected chi connectivity index (χ1v) is 12.1. The van der Waals surface area contributed by atoms with Crippen LogP contribution in [0.1, 0.15) is 38.0 Å². The van der Waals surface area contributed by atoms with Gasteiger partial charge in [0, 0.05) is 10.9 Å². The first-order valence-electron chi connectivity index (χ1n) is 10.3. The number of hydrogen-bond acceptors (Lipinski definition) is 6. The zero-order valence-corrected chi connectivity index (χ0v) is 19.2. The summed E-state index contributed by atoms with van der Waals surface area (Å²) in [6.07, 6.45) is 3.11. The normalized spacial score (nSPS) is 14.8. The summed E-state index contributed by atoms with van der Waals surface area (Å²) in [6, 6.07) is 6.67. The topological polar surface area (TPSA) is 94.7 Å². The minimum atomic E-state index is -3.60. The van der Waals surface area contributed by atoms with Crippen LogP contribution in [0.4, 0.5) is 10.1 Å². The van der Waals surface area contributed by atoms with Crippen molar-refractivity contribution in [2.24, 2.45) is 0 Å². The zero-order valence-electron chi connectivity index (χ0n) is 18.4. The Morgan fingerprint density at radius 2 is 1.97 bits per heavy atom. The van der Waals surface area contributed by atoms with Crippen LogP contribution in [0.5, 0.6) is 0 Å². The number of nitrogens with one attached hydrogen (secondary N) is 1. The molecule has 1 aliphatic rings. The van der Waals surface area contributed by atoms with Crippen LogP contribution in [0, 0.1) is 12.7 Å². The second-order valence-corrected chi connectivity index (χ2v) is 10.4. The highest BCUT2D eigenvalue weighted by molar-refractivity contribution is 7.89. The summed E-state index contributed by atoms with van der Waals surface area (Å²) in [5.41, 5.74) is 3.16. The van der Waals surface area contributed by atoms with E-state index in [4.69, 9.17) is 0 Å². The number of hydrogen-bond donors (Lipinski definition) is 1. The van der Waals surface area contributed by atoms with Gasteiger partial charge in [-0.25, -0.2) is 12.8 Å². The van der Waals surface area contributed by atoms with Crippen LogP contribution >= 0.6 is 0 Å². The van der Waals surface area contributed by atoms with Gasteiger partial charge in [-0.05, 0) is 50.5 Å². The molecule has 1 aliphatic heterocycles. The molecule has 0 bridgehead atoms. The third-order valence-electron chi connectivity index (χ3n) is 5.93. The van der Waals surface area contributed by atoms with Crippen molar-refractivity contribution in [3.8, 4) is 16.8 Å². The van der Waals surface area contributed by atoms with Crippen molar-refractivity contribution in [1.29, 1.82) is 0 Å². The molecular formula is C22H23FN6O2S. The van der Waals surface area contributed by atoms with Gasteiger partial charge in [-0.1, -0.05) is 19.1 Å². The van der Waals surface area contributed by atoms with Crippen molar-refractivity contribution in [2.75, 3.05) is 11.6 Å². The molecule has 0 saturated carbocycles. The third-order valence-corrected chi connectivity index (χ3v) is 6.84. The van der Waals surface area contributed by atoms with Gasteiger partial charge >= 0.3 is 0 Å². The largest absolute Gasteiger partial charge is 0.371 e. The van der Waals surface area contributed by atoms with Crippen LogP contribution in [-0.4, -0.2) is 38.6 Å². The van der Waals surface area contributed by atoms with Gasteiger partial charge in [0.15, 0.2) is 5.82 Å². The van der Waals surface area contributed by atoms with Gasteiger partial charge in [-0.3, -0.25) is 4.57 Å². The van der Waals surface area contributed by atoms with E-state index in [2.05, 4.69) is 20.6 Å². The summed E-state index contributed by atoms with van der Waals surface area (Å²) < 4.78 is 42.9. The summed E-state index contributed by atoms with van der Waals surface area (Å²) >= 11 is 0. The van der Waals surface area contributed by atoms with Gasteiger partial charge in [0.05, 0.1) is 34.9 Å². The van der Waals surface area contributed by atoms with E-state index in [1.54, 1.807) is 18.2 Å². The fourth-order valence-corrected chi connectivity index (χ4v) is 5.35. The maximum absolute atomic E-state index is 15.7. The number of rotatable bonds is 3. The van der Waals surface area contributed by atoms with E-state index < -0.39 is 21.4 Å². The molecule has 8 nitrogen and oxygen atoms in total. The average Bonchev–Trinajstić information content (AvgIpc) is 3.31. The Bertz CT molecular complexity index is 1520. The molecule has 32 heavy (non-hydrogen) atoms. The quantitative estimate of drug-likeness (QED) is 0.507. The molecule has 0 saturated heterocycles. The minimum absolute atomic E-state index is 0.391. The smallest absolute Gasteiger partial charge is 0.251 e. The molecule has 5 rings (SSSR count). The molecule has 0 radical (unpaired) electrons. The van der Waals surface area contributed by atoms with Gasteiger partial charge in [0.1, 0.15) is 11.6 Å². The van der Waals surface area contributed by atoms with E-state index in [1.165, 1.54) is 12.3 Å². The third kappa shape index (κ3) is 2.78. The summed E-state index contributed by atoms with van der Waals surface area (Å²) in [6.45, 7) is 7.81. The van der Waals surface area contributed by atoms with Crippen molar-refractivity contribution < 1.29 is 12.8 Å². The molecule has 166 valence electrons. The number of anilines is 1. The van der Waals surface area contributed by atoms with E-state index in [1.807, 2.05) is 32.3 Å². The highest BCUT2D eigenvalue weighted by Crippen LogP contribution is 2.44. The van der Waals surface area contributed by atoms with Crippen LogP contribution in [0.3, 0.4) is 0 Å². The van der Waals surface area contributed by atoms with E-state index >= 15 is 4.39 Å². The van der Waals surface area contributed by atoms with Crippen molar-refractivity contribution >= 4 is 26.6 Å². The number of nitrogens with zero attached hydrogens (tertiary/aromatic N) is 5. The monoisotopic (exact) mass is 454 g/mol. The number of fused-ring (bicyclic) bond motifs is 4. The first-order chi connectivity index (χ1) is 15.0. The Hall–Kier alpha value is -3.27. The summed E-state index contributed by atoms with van der Waals surface area (Å²) in [4.78, 5) is 0. The zero-order chi connectivity index (χ0) is 23.0. The van der Waals surface area contributed by atoms with Crippen LogP contribution < -0.4 is 5.32 Å². The van der Waals surface area contributed by atoms with Gasteiger partial charge in [0.25, 0.3) is 10.0 Å². The molecule has 3 heterocycles. The fourth-order valence-electron chi connectivity index (χ4n) is 4.62. The Labute approximate surface area is 185 Å². The number of benzene rings is 2. The molecule has 0 spiro atoms. The van der Waals surface area contributed by atoms with E-state index in [9.17, 15) is 8.42 Å². The molecule has 4 aromatic rings. The lowest BCUT2D eigenvalue weighted by molar-refractivity contribution is 0.532. The fraction of sp³-hybridized carbons (Fsp3) is 0.318. The molecule has 0 unspecified atom stereocenters. The predicted octanol–water partition coefficient (Wildman–Crippen LogP) is 3.76. The highest BCUT2D eigenvalue weighted by Gasteiger charge is 2.36. The Kier molecular flexibility index (Phi) is 4.26. The molecule has 0 fully saturated rings. The molecule has 2 aromatic heterocycles. The van der Waals surface area contributed by atoms with Crippen molar-refractivity contribution in [3.63, 3.8) is 0 Å². The predicted molar refractivity (Wildman–Crippen MR) is 121 cm³/mol. The molecule has 10 heteroatoms. The number of halogens is 1. The lowest BCUT2D eigenvalue weighted by atomic mass is 9.90. The van der Waals surface area contributed by atoms with Crippen molar-refractivity contribution in [3.05, 3.63) is 53.5 Å². The lowest BCUT2D eigenvalue weighted by Crippen LogP contribution is -2.36. The van der Waals surface area contributed by atoms with E-state index in [-0.39, 0.29) is 0 Å². The molecule has 0 amide bonds. The SMILES string of the molecule is CCc1c(-c2cccc3c2cnn3S(C)(=O)=O)c(F)cc2c1-n1c(C)nnc1C(C)(C)N2. The van der Waals surface area contributed by atoms with Crippen LogP contribution in [-0.2, 0) is 22.0 Å². The summed E-state index contributed by atoms with van der Waals surface area (Å²) in [5, 5.41) is 16.7.